The van der Waals surface area contributed by atoms with Gasteiger partial charge in [0.2, 0.25) is 5.91 Å². The Kier molecular flexibility index (Phi) is 6.35. The Morgan fingerprint density at radius 1 is 1.04 bits per heavy atom. The molecule has 2 aromatic rings. The van der Waals surface area contributed by atoms with Crippen LogP contribution in [0, 0.1) is 0 Å². The number of nitrogens with one attached hydrogen (secondary N) is 2. The van der Waals surface area contributed by atoms with Crippen molar-refractivity contribution in [2.45, 2.75) is 38.8 Å². The number of benzene rings is 2. The average molecular weight is 386 g/mol. The number of carboxylic acid groups (broad SMARTS) is 1. The van der Waals surface area contributed by atoms with Crippen LogP contribution in [0.5, 0.6) is 0 Å². The Morgan fingerprint density at radius 2 is 1.68 bits per heavy atom. The van der Waals surface area contributed by atoms with Crippen molar-refractivity contribution in [3.8, 4) is 0 Å². The van der Waals surface area contributed by atoms with Gasteiger partial charge in [-0.3, -0.25) is 14.9 Å². The van der Waals surface area contributed by atoms with Gasteiger partial charge in [0.15, 0.2) is 0 Å². The van der Waals surface area contributed by atoms with Crippen molar-refractivity contribution >= 4 is 34.6 Å². The van der Waals surface area contributed by atoms with Crippen LogP contribution in [-0.4, -0.2) is 40.6 Å². The highest BCUT2D eigenvalue weighted by Crippen LogP contribution is 2.15. The van der Waals surface area contributed by atoms with Crippen molar-refractivity contribution in [1.29, 1.82) is 0 Å². The summed E-state index contributed by atoms with van der Waals surface area (Å²) in [5, 5.41) is 15.2. The number of imide groups is 1. The summed E-state index contributed by atoms with van der Waals surface area (Å²) in [5.74, 6) is -2.90. The number of ether oxygens (including phenoxy) is 1. The molecule has 0 aliphatic rings. The van der Waals surface area contributed by atoms with Gasteiger partial charge in [-0.1, -0.05) is 30.3 Å². The van der Waals surface area contributed by atoms with E-state index in [1.807, 2.05) is 24.3 Å². The Balaban J connectivity index is 2.00. The molecule has 0 fully saturated rings. The predicted molar refractivity (Wildman–Crippen MR) is 102 cm³/mol. The van der Waals surface area contributed by atoms with E-state index in [2.05, 4.69) is 10.6 Å². The van der Waals surface area contributed by atoms with E-state index in [9.17, 15) is 24.3 Å². The Morgan fingerprint density at radius 3 is 2.29 bits per heavy atom. The molecule has 0 spiro atoms. The maximum Gasteiger partial charge on any atom is 0.408 e. The maximum absolute atomic E-state index is 12.3. The largest absolute Gasteiger partial charge is 0.480 e. The van der Waals surface area contributed by atoms with Crippen LogP contribution in [0.25, 0.3) is 10.8 Å². The van der Waals surface area contributed by atoms with Crippen LogP contribution in [0.15, 0.2) is 42.5 Å². The molecule has 148 valence electrons. The number of carbonyl (C=O) groups is 4. The van der Waals surface area contributed by atoms with Crippen molar-refractivity contribution < 1.29 is 29.0 Å². The lowest BCUT2D eigenvalue weighted by molar-refractivity contribution is -0.141. The van der Waals surface area contributed by atoms with Crippen LogP contribution in [0.1, 0.15) is 37.6 Å². The van der Waals surface area contributed by atoms with Crippen molar-refractivity contribution in [2.75, 3.05) is 0 Å². The number of hydrogen-bond acceptors (Lipinski definition) is 5. The smallest absolute Gasteiger partial charge is 0.408 e. The van der Waals surface area contributed by atoms with Crippen LogP contribution >= 0.6 is 0 Å². The summed E-state index contributed by atoms with van der Waals surface area (Å²) in [5.41, 5.74) is -0.555. The lowest BCUT2D eigenvalue weighted by Crippen LogP contribution is -2.46. The molecule has 3 amide bonds. The molecule has 0 unspecified atom stereocenters. The number of carbonyl (C=O) groups excluding carboxylic acids is 3. The second-order valence-electron chi connectivity index (χ2n) is 7.18. The normalized spacial score (nSPS) is 12.1. The molecule has 0 saturated heterocycles. The predicted octanol–water partition coefficient (Wildman–Crippen LogP) is 2.46. The number of aliphatic carboxylic acids is 1. The Hall–Kier alpha value is -3.42. The number of carboxylic acids is 1. The quantitative estimate of drug-likeness (QED) is 0.726. The van der Waals surface area contributed by atoms with Gasteiger partial charge in [-0.2, -0.15) is 0 Å². The fraction of sp³-hybridized carbons (Fsp3) is 0.300. The van der Waals surface area contributed by atoms with E-state index in [1.165, 1.54) is 0 Å². The lowest BCUT2D eigenvalue weighted by Gasteiger charge is -2.21. The van der Waals surface area contributed by atoms with Gasteiger partial charge in [-0.15, -0.1) is 0 Å². The minimum atomic E-state index is -1.53. The van der Waals surface area contributed by atoms with E-state index in [0.29, 0.717) is 0 Å². The van der Waals surface area contributed by atoms with Crippen LogP contribution < -0.4 is 10.6 Å². The van der Waals surface area contributed by atoms with Crippen molar-refractivity contribution in [3.63, 3.8) is 0 Å². The summed E-state index contributed by atoms with van der Waals surface area (Å²) < 4.78 is 4.98. The van der Waals surface area contributed by atoms with Gasteiger partial charge in [0, 0.05) is 5.56 Å². The summed E-state index contributed by atoms with van der Waals surface area (Å²) in [6, 6.07) is 10.8. The SMILES string of the molecule is CC(C)(C)OC(=O)N[C@@H](CC(=O)NC(=O)c1ccc2ccccc2c1)C(=O)O. The molecule has 8 nitrogen and oxygen atoms in total. The lowest BCUT2D eigenvalue weighted by atomic mass is 10.1. The van der Waals surface area contributed by atoms with E-state index >= 15 is 0 Å². The van der Waals surface area contributed by atoms with Crippen LogP contribution in [0.4, 0.5) is 4.79 Å². The van der Waals surface area contributed by atoms with E-state index in [0.717, 1.165) is 10.8 Å². The second kappa shape index (κ2) is 8.51. The zero-order valence-electron chi connectivity index (χ0n) is 15.8. The molecule has 0 aliphatic heterocycles. The van der Waals surface area contributed by atoms with Gasteiger partial charge >= 0.3 is 12.1 Å². The standard InChI is InChI=1S/C20H22N2O6/c1-20(2,3)28-19(27)21-15(18(25)26)11-16(23)22-17(24)14-9-8-12-6-4-5-7-13(12)10-14/h4-10,15H,11H2,1-3H3,(H,21,27)(H,25,26)(H,22,23,24)/t15-/m0/s1. The average Bonchev–Trinajstić information content (AvgIpc) is 2.58. The van der Waals surface area contributed by atoms with Gasteiger partial charge in [0.25, 0.3) is 5.91 Å². The monoisotopic (exact) mass is 386 g/mol. The molecule has 28 heavy (non-hydrogen) atoms. The second-order valence-corrected chi connectivity index (χ2v) is 7.18. The molecule has 1 atom stereocenters. The van der Waals surface area contributed by atoms with Crippen molar-refractivity contribution in [2.24, 2.45) is 0 Å². The molecule has 2 aromatic carbocycles. The van der Waals surface area contributed by atoms with Crippen molar-refractivity contribution in [3.05, 3.63) is 48.0 Å². The summed E-state index contributed by atoms with van der Waals surface area (Å²) in [6.07, 6.45) is -1.58. The third kappa shape index (κ3) is 6.08. The van der Waals surface area contributed by atoms with Gasteiger partial charge in [0.1, 0.15) is 11.6 Å². The first-order chi connectivity index (χ1) is 13.0. The van der Waals surface area contributed by atoms with E-state index in [4.69, 9.17) is 4.74 Å². The minimum Gasteiger partial charge on any atom is -0.480 e. The number of hydrogen-bond donors (Lipinski definition) is 3. The molecule has 2 rings (SSSR count). The van der Waals surface area contributed by atoms with Crippen LogP contribution in [-0.2, 0) is 14.3 Å². The summed E-state index contributed by atoms with van der Waals surface area (Å²) in [4.78, 5) is 47.4. The van der Waals surface area contributed by atoms with Gasteiger partial charge in [-0.25, -0.2) is 9.59 Å². The van der Waals surface area contributed by atoms with Gasteiger partial charge in [0.05, 0.1) is 6.42 Å². The third-order valence-corrected chi connectivity index (χ3v) is 3.64. The number of rotatable bonds is 5. The van der Waals surface area contributed by atoms with Crippen LogP contribution in [0.2, 0.25) is 0 Å². The van der Waals surface area contributed by atoms with Gasteiger partial charge < -0.3 is 15.2 Å². The molecule has 3 N–H and O–H groups in total. The van der Waals surface area contributed by atoms with Crippen LogP contribution in [0.3, 0.4) is 0 Å². The zero-order chi connectivity index (χ0) is 20.9. The first-order valence-corrected chi connectivity index (χ1v) is 8.60. The summed E-state index contributed by atoms with van der Waals surface area (Å²) in [7, 11) is 0. The first-order valence-electron chi connectivity index (χ1n) is 8.60. The molecule has 0 aliphatic carbocycles. The fourth-order valence-corrected chi connectivity index (χ4v) is 2.42. The minimum absolute atomic E-state index is 0.263. The summed E-state index contributed by atoms with van der Waals surface area (Å²) >= 11 is 0. The first kappa shape index (κ1) is 20.9. The molecule has 0 bridgehead atoms. The topological polar surface area (TPSA) is 122 Å². The molecular weight excluding hydrogens is 364 g/mol. The van der Waals surface area contributed by atoms with E-state index < -0.39 is 41.9 Å². The summed E-state index contributed by atoms with van der Waals surface area (Å²) in [6.45, 7) is 4.87. The zero-order valence-corrected chi connectivity index (χ0v) is 15.8. The highest BCUT2D eigenvalue weighted by molar-refractivity contribution is 6.07. The van der Waals surface area contributed by atoms with Gasteiger partial charge in [-0.05, 0) is 43.7 Å². The van der Waals surface area contributed by atoms with E-state index in [-0.39, 0.29) is 5.56 Å². The highest BCUT2D eigenvalue weighted by atomic mass is 16.6. The van der Waals surface area contributed by atoms with E-state index in [1.54, 1.807) is 39.0 Å². The molecule has 8 heteroatoms. The third-order valence-electron chi connectivity index (χ3n) is 3.64. The molecular formula is C20H22N2O6. The number of amides is 3. The highest BCUT2D eigenvalue weighted by Gasteiger charge is 2.27. The van der Waals surface area contributed by atoms with Crippen molar-refractivity contribution in [1.82, 2.24) is 10.6 Å². The Bertz CT molecular complexity index is 916. The molecule has 0 saturated carbocycles. The molecule has 0 heterocycles. The number of alkyl carbamates (subject to hydrolysis) is 1. The fourth-order valence-electron chi connectivity index (χ4n) is 2.42. The maximum atomic E-state index is 12.3. The Labute approximate surface area is 161 Å². The molecule has 0 radical (unpaired) electrons. The molecule has 0 aromatic heterocycles. The number of fused-ring (bicyclic) bond motifs is 1.